The van der Waals surface area contributed by atoms with Crippen molar-refractivity contribution in [1.82, 2.24) is 9.55 Å². The summed E-state index contributed by atoms with van der Waals surface area (Å²) in [6.45, 7) is 6.01. The first-order valence-corrected chi connectivity index (χ1v) is 9.54. The van der Waals surface area contributed by atoms with Crippen LogP contribution in [0, 0.1) is 13.8 Å². The SMILES string of the molecule is Cc1ccc(-n2ccnc2S[C@@H](C)C(=O)Nc2cccc(Cl)c2)c(C)c1. The van der Waals surface area contributed by atoms with E-state index in [0.29, 0.717) is 10.7 Å². The van der Waals surface area contributed by atoms with Crippen LogP contribution in [0.4, 0.5) is 5.69 Å². The van der Waals surface area contributed by atoms with Gasteiger partial charge in [-0.3, -0.25) is 9.36 Å². The van der Waals surface area contributed by atoms with Gasteiger partial charge in [0, 0.05) is 23.1 Å². The van der Waals surface area contributed by atoms with E-state index in [0.717, 1.165) is 10.8 Å². The monoisotopic (exact) mass is 385 g/mol. The van der Waals surface area contributed by atoms with Gasteiger partial charge in [-0.1, -0.05) is 47.1 Å². The minimum atomic E-state index is -0.305. The number of amides is 1. The maximum Gasteiger partial charge on any atom is 0.237 e. The molecule has 1 heterocycles. The summed E-state index contributed by atoms with van der Waals surface area (Å²) in [5.74, 6) is -0.0903. The van der Waals surface area contributed by atoms with Crippen molar-refractivity contribution in [3.8, 4) is 5.69 Å². The average molecular weight is 386 g/mol. The van der Waals surface area contributed by atoms with Crippen molar-refractivity contribution in [2.24, 2.45) is 0 Å². The van der Waals surface area contributed by atoms with Crippen molar-refractivity contribution in [2.75, 3.05) is 5.32 Å². The number of carbonyl (C=O) groups is 1. The molecular formula is C20H20ClN3OS. The number of nitrogens with one attached hydrogen (secondary N) is 1. The Labute approximate surface area is 162 Å². The van der Waals surface area contributed by atoms with Crippen LogP contribution in [-0.4, -0.2) is 20.7 Å². The number of benzene rings is 2. The van der Waals surface area contributed by atoms with Gasteiger partial charge in [0.2, 0.25) is 5.91 Å². The summed E-state index contributed by atoms with van der Waals surface area (Å²) in [7, 11) is 0. The lowest BCUT2D eigenvalue weighted by Gasteiger charge is -2.14. The molecule has 1 aromatic heterocycles. The van der Waals surface area contributed by atoms with Gasteiger partial charge in [-0.15, -0.1) is 0 Å². The van der Waals surface area contributed by atoms with Crippen LogP contribution in [0.15, 0.2) is 60.0 Å². The van der Waals surface area contributed by atoms with E-state index in [1.54, 1.807) is 18.3 Å². The van der Waals surface area contributed by atoms with Crippen LogP contribution in [0.2, 0.25) is 5.02 Å². The minimum absolute atomic E-state index is 0.0903. The number of carbonyl (C=O) groups excluding carboxylic acids is 1. The molecule has 1 amide bonds. The Balaban J connectivity index is 1.75. The largest absolute Gasteiger partial charge is 0.325 e. The molecule has 2 aromatic carbocycles. The number of anilines is 1. The minimum Gasteiger partial charge on any atom is -0.325 e. The number of aryl methyl sites for hydroxylation is 2. The summed E-state index contributed by atoms with van der Waals surface area (Å²) < 4.78 is 2.02. The molecule has 0 radical (unpaired) electrons. The highest BCUT2D eigenvalue weighted by Crippen LogP contribution is 2.27. The lowest BCUT2D eigenvalue weighted by Crippen LogP contribution is -2.22. The van der Waals surface area contributed by atoms with Crippen molar-refractivity contribution in [3.05, 3.63) is 71.0 Å². The highest BCUT2D eigenvalue weighted by atomic mass is 35.5. The van der Waals surface area contributed by atoms with E-state index in [9.17, 15) is 4.79 Å². The van der Waals surface area contributed by atoms with Gasteiger partial charge >= 0.3 is 0 Å². The fourth-order valence-electron chi connectivity index (χ4n) is 2.66. The second-order valence-electron chi connectivity index (χ2n) is 6.13. The van der Waals surface area contributed by atoms with Gasteiger partial charge in [0.05, 0.1) is 10.9 Å². The van der Waals surface area contributed by atoms with Gasteiger partial charge < -0.3 is 5.32 Å². The number of hydrogen-bond acceptors (Lipinski definition) is 3. The molecule has 1 atom stereocenters. The Morgan fingerprint density at radius 2 is 2.04 bits per heavy atom. The Morgan fingerprint density at radius 1 is 1.23 bits per heavy atom. The van der Waals surface area contributed by atoms with E-state index >= 15 is 0 Å². The second kappa shape index (κ2) is 7.98. The molecule has 0 aliphatic rings. The van der Waals surface area contributed by atoms with Crippen molar-refractivity contribution >= 4 is 35.0 Å². The summed E-state index contributed by atoms with van der Waals surface area (Å²) >= 11 is 7.39. The molecule has 0 spiro atoms. The molecule has 6 heteroatoms. The number of nitrogens with zero attached hydrogens (tertiary/aromatic N) is 2. The zero-order chi connectivity index (χ0) is 18.7. The van der Waals surface area contributed by atoms with Crippen molar-refractivity contribution in [3.63, 3.8) is 0 Å². The number of halogens is 1. The summed E-state index contributed by atoms with van der Waals surface area (Å²) in [6.07, 6.45) is 3.67. The summed E-state index contributed by atoms with van der Waals surface area (Å²) in [6, 6.07) is 13.4. The van der Waals surface area contributed by atoms with Gasteiger partial charge in [-0.2, -0.15) is 0 Å². The van der Waals surface area contributed by atoms with E-state index in [2.05, 4.69) is 42.3 Å². The highest BCUT2D eigenvalue weighted by molar-refractivity contribution is 8.00. The number of aromatic nitrogens is 2. The molecule has 0 aliphatic heterocycles. The molecule has 134 valence electrons. The Hall–Kier alpha value is -2.24. The third kappa shape index (κ3) is 4.29. The second-order valence-corrected chi connectivity index (χ2v) is 7.87. The van der Waals surface area contributed by atoms with Crippen LogP contribution < -0.4 is 5.32 Å². The normalized spacial score (nSPS) is 12.0. The van der Waals surface area contributed by atoms with Crippen LogP contribution in [0.1, 0.15) is 18.1 Å². The summed E-state index contributed by atoms with van der Waals surface area (Å²) in [4.78, 5) is 16.9. The quantitative estimate of drug-likeness (QED) is 0.609. The average Bonchev–Trinajstić information content (AvgIpc) is 3.02. The smallest absolute Gasteiger partial charge is 0.237 e. The van der Waals surface area contributed by atoms with Gasteiger partial charge in [0.25, 0.3) is 0 Å². The Morgan fingerprint density at radius 3 is 2.77 bits per heavy atom. The maximum absolute atomic E-state index is 12.5. The number of hydrogen-bond donors (Lipinski definition) is 1. The first kappa shape index (κ1) is 18.5. The predicted molar refractivity (Wildman–Crippen MR) is 108 cm³/mol. The summed E-state index contributed by atoms with van der Waals surface area (Å²) in [5.41, 5.74) is 4.14. The summed E-state index contributed by atoms with van der Waals surface area (Å²) in [5, 5.41) is 3.96. The zero-order valence-corrected chi connectivity index (χ0v) is 16.4. The van der Waals surface area contributed by atoms with E-state index in [1.807, 2.05) is 29.8 Å². The van der Waals surface area contributed by atoms with Crippen LogP contribution in [0.5, 0.6) is 0 Å². The van der Waals surface area contributed by atoms with Gasteiger partial charge in [-0.05, 0) is 50.6 Å². The zero-order valence-electron chi connectivity index (χ0n) is 14.9. The van der Waals surface area contributed by atoms with Crippen LogP contribution in [0.25, 0.3) is 5.69 Å². The lowest BCUT2D eigenvalue weighted by atomic mass is 10.1. The number of imidazole rings is 1. The topological polar surface area (TPSA) is 46.9 Å². The third-order valence-corrected chi connectivity index (χ3v) is 5.28. The molecular weight excluding hydrogens is 366 g/mol. The van der Waals surface area contributed by atoms with Crippen LogP contribution in [0.3, 0.4) is 0 Å². The third-order valence-electron chi connectivity index (χ3n) is 3.96. The molecule has 0 saturated carbocycles. The fourth-order valence-corrected chi connectivity index (χ4v) is 3.72. The standard InChI is InChI=1S/C20H20ClN3OS/c1-13-7-8-18(14(2)11-13)24-10-9-22-20(24)26-15(3)19(25)23-17-6-4-5-16(21)12-17/h4-12,15H,1-3H3,(H,23,25)/t15-/m0/s1. The molecule has 0 unspecified atom stereocenters. The molecule has 0 aliphatic carbocycles. The Kier molecular flexibility index (Phi) is 5.69. The molecule has 4 nitrogen and oxygen atoms in total. The fraction of sp³-hybridized carbons (Fsp3) is 0.200. The molecule has 3 rings (SSSR count). The number of rotatable bonds is 5. The van der Waals surface area contributed by atoms with Gasteiger partial charge in [0.1, 0.15) is 0 Å². The van der Waals surface area contributed by atoms with Crippen molar-refractivity contribution in [1.29, 1.82) is 0 Å². The molecule has 0 saturated heterocycles. The predicted octanol–water partition coefficient (Wildman–Crippen LogP) is 5.26. The maximum atomic E-state index is 12.5. The van der Waals surface area contributed by atoms with E-state index < -0.39 is 0 Å². The Bertz CT molecular complexity index is 938. The van der Waals surface area contributed by atoms with Crippen LogP contribution >= 0.6 is 23.4 Å². The first-order valence-electron chi connectivity index (χ1n) is 8.28. The van der Waals surface area contributed by atoms with E-state index in [1.165, 1.54) is 22.9 Å². The van der Waals surface area contributed by atoms with Crippen molar-refractivity contribution < 1.29 is 4.79 Å². The molecule has 0 fully saturated rings. The van der Waals surface area contributed by atoms with Crippen molar-refractivity contribution in [2.45, 2.75) is 31.2 Å². The molecule has 0 bridgehead atoms. The van der Waals surface area contributed by atoms with Crippen LogP contribution in [-0.2, 0) is 4.79 Å². The van der Waals surface area contributed by atoms with E-state index in [-0.39, 0.29) is 11.2 Å². The molecule has 26 heavy (non-hydrogen) atoms. The lowest BCUT2D eigenvalue weighted by molar-refractivity contribution is -0.115. The van der Waals surface area contributed by atoms with E-state index in [4.69, 9.17) is 11.6 Å². The molecule has 1 N–H and O–H groups in total. The van der Waals surface area contributed by atoms with Gasteiger partial charge in [-0.25, -0.2) is 4.98 Å². The highest BCUT2D eigenvalue weighted by Gasteiger charge is 2.18. The first-order chi connectivity index (χ1) is 12.4. The van der Waals surface area contributed by atoms with Gasteiger partial charge in [0.15, 0.2) is 5.16 Å². The molecule has 3 aromatic rings. The number of thioether (sulfide) groups is 1.